The summed E-state index contributed by atoms with van der Waals surface area (Å²) in [6.45, 7) is 5.42. The first-order valence-electron chi connectivity index (χ1n) is 7.72. The van der Waals surface area contributed by atoms with E-state index in [4.69, 9.17) is 10.5 Å². The fraction of sp³-hybridized carbons (Fsp3) is 0.647. The van der Waals surface area contributed by atoms with Gasteiger partial charge in [0, 0.05) is 12.0 Å². The van der Waals surface area contributed by atoms with Gasteiger partial charge >= 0.3 is 0 Å². The summed E-state index contributed by atoms with van der Waals surface area (Å²) in [6, 6.07) is 7.79. The first kappa shape index (κ1) is 15.3. The molecule has 0 radical (unpaired) electrons. The van der Waals surface area contributed by atoms with E-state index in [1.165, 1.54) is 0 Å². The topological polar surface area (TPSA) is 55.5 Å². The Bertz CT molecular complexity index is 425. The molecule has 1 aromatic rings. The first-order valence-corrected chi connectivity index (χ1v) is 7.72. The van der Waals surface area contributed by atoms with Crippen LogP contribution in [0.1, 0.15) is 51.2 Å². The number of rotatable bonds is 5. The summed E-state index contributed by atoms with van der Waals surface area (Å²) in [4.78, 5) is 0. The molecule has 0 saturated heterocycles. The predicted octanol–water partition coefficient (Wildman–Crippen LogP) is 3.27. The van der Waals surface area contributed by atoms with Gasteiger partial charge in [0.2, 0.25) is 0 Å². The van der Waals surface area contributed by atoms with Crippen LogP contribution in [0.5, 0.6) is 5.75 Å². The molecule has 1 unspecified atom stereocenters. The van der Waals surface area contributed by atoms with Crippen LogP contribution in [-0.4, -0.2) is 18.3 Å². The number of ether oxygens (including phenoxy) is 1. The second kappa shape index (κ2) is 6.59. The lowest BCUT2D eigenvalue weighted by molar-refractivity contribution is -0.00830. The van der Waals surface area contributed by atoms with Crippen LogP contribution in [0.4, 0.5) is 0 Å². The predicted molar refractivity (Wildman–Crippen MR) is 81.7 cm³/mol. The summed E-state index contributed by atoms with van der Waals surface area (Å²) in [5.74, 6) is 1.57. The van der Waals surface area contributed by atoms with Gasteiger partial charge in [0.15, 0.2) is 0 Å². The van der Waals surface area contributed by atoms with E-state index in [1.54, 1.807) is 0 Å². The molecule has 1 atom stereocenters. The Labute approximate surface area is 122 Å². The average Bonchev–Trinajstić information content (AvgIpc) is 2.48. The summed E-state index contributed by atoms with van der Waals surface area (Å²) in [5, 5.41) is 10.8. The van der Waals surface area contributed by atoms with Gasteiger partial charge < -0.3 is 15.6 Å². The summed E-state index contributed by atoms with van der Waals surface area (Å²) >= 11 is 0. The third kappa shape index (κ3) is 3.15. The quantitative estimate of drug-likeness (QED) is 0.868. The van der Waals surface area contributed by atoms with Crippen LogP contribution in [0.2, 0.25) is 0 Å². The molecule has 20 heavy (non-hydrogen) atoms. The summed E-state index contributed by atoms with van der Waals surface area (Å²) in [7, 11) is 0. The minimum absolute atomic E-state index is 0.169. The van der Waals surface area contributed by atoms with E-state index in [1.807, 2.05) is 31.2 Å². The summed E-state index contributed by atoms with van der Waals surface area (Å²) in [6.07, 6.45) is 3.81. The third-order valence-electron chi connectivity index (χ3n) is 4.74. The Hall–Kier alpha value is -1.06. The van der Waals surface area contributed by atoms with Crippen LogP contribution in [-0.2, 0) is 0 Å². The number of hydrogen-bond donors (Lipinski definition) is 2. The van der Waals surface area contributed by atoms with Crippen LogP contribution in [0.15, 0.2) is 24.3 Å². The van der Waals surface area contributed by atoms with Gasteiger partial charge in [0.25, 0.3) is 0 Å². The molecule has 0 aromatic heterocycles. The van der Waals surface area contributed by atoms with Crippen molar-refractivity contribution >= 4 is 0 Å². The van der Waals surface area contributed by atoms with E-state index in [2.05, 4.69) is 6.92 Å². The van der Waals surface area contributed by atoms with Gasteiger partial charge in [-0.2, -0.15) is 0 Å². The van der Waals surface area contributed by atoms with E-state index < -0.39 is 6.10 Å². The Balaban J connectivity index is 2.19. The van der Waals surface area contributed by atoms with Crippen molar-refractivity contribution < 1.29 is 9.84 Å². The molecule has 1 aliphatic rings. The summed E-state index contributed by atoms with van der Waals surface area (Å²) < 4.78 is 5.53. The standard InChI is InChI=1S/C17H27NO2/c1-3-20-15-6-4-5-14(11-15)16(19)17(12-18)9-7-13(2)8-10-17/h4-6,11,13,16,19H,3,7-10,12,18H2,1-2H3. The van der Waals surface area contributed by atoms with Crippen molar-refractivity contribution in [2.24, 2.45) is 17.1 Å². The van der Waals surface area contributed by atoms with Gasteiger partial charge in [-0.15, -0.1) is 0 Å². The van der Waals surface area contributed by atoms with Crippen LogP contribution < -0.4 is 10.5 Å². The smallest absolute Gasteiger partial charge is 0.119 e. The Morgan fingerprint density at radius 1 is 1.40 bits per heavy atom. The van der Waals surface area contributed by atoms with E-state index in [-0.39, 0.29) is 5.41 Å². The van der Waals surface area contributed by atoms with Crippen molar-refractivity contribution in [1.29, 1.82) is 0 Å². The third-order valence-corrected chi connectivity index (χ3v) is 4.74. The second-order valence-electron chi connectivity index (χ2n) is 6.16. The van der Waals surface area contributed by atoms with Crippen LogP contribution in [0, 0.1) is 11.3 Å². The molecular weight excluding hydrogens is 250 g/mol. The molecule has 1 saturated carbocycles. The van der Waals surface area contributed by atoms with E-state index in [0.717, 1.165) is 42.9 Å². The largest absolute Gasteiger partial charge is 0.494 e. The maximum absolute atomic E-state index is 10.8. The number of aliphatic hydroxyl groups is 1. The zero-order valence-corrected chi connectivity index (χ0v) is 12.6. The lowest BCUT2D eigenvalue weighted by Crippen LogP contribution is -2.39. The van der Waals surface area contributed by atoms with Gasteiger partial charge in [0.1, 0.15) is 5.75 Å². The molecule has 3 nitrogen and oxygen atoms in total. The molecule has 0 bridgehead atoms. The summed E-state index contributed by atoms with van der Waals surface area (Å²) in [5.41, 5.74) is 6.78. The van der Waals surface area contributed by atoms with Crippen molar-refractivity contribution in [3.05, 3.63) is 29.8 Å². The molecule has 1 fully saturated rings. The second-order valence-corrected chi connectivity index (χ2v) is 6.16. The minimum Gasteiger partial charge on any atom is -0.494 e. The number of hydrogen-bond acceptors (Lipinski definition) is 3. The van der Waals surface area contributed by atoms with E-state index in [9.17, 15) is 5.11 Å². The van der Waals surface area contributed by atoms with E-state index in [0.29, 0.717) is 13.2 Å². The highest BCUT2D eigenvalue weighted by atomic mass is 16.5. The molecule has 1 aliphatic carbocycles. The molecule has 0 heterocycles. The zero-order valence-electron chi connectivity index (χ0n) is 12.6. The van der Waals surface area contributed by atoms with Gasteiger partial charge in [-0.05, 0) is 43.4 Å². The molecule has 0 aliphatic heterocycles. The van der Waals surface area contributed by atoms with E-state index >= 15 is 0 Å². The molecular formula is C17H27NO2. The fourth-order valence-corrected chi connectivity index (χ4v) is 3.22. The lowest BCUT2D eigenvalue weighted by atomic mass is 9.66. The SMILES string of the molecule is CCOc1cccc(C(O)C2(CN)CCC(C)CC2)c1. The van der Waals surface area contributed by atoms with Gasteiger partial charge in [-0.3, -0.25) is 0 Å². The van der Waals surface area contributed by atoms with Gasteiger partial charge in [0.05, 0.1) is 12.7 Å². The van der Waals surface area contributed by atoms with Crippen LogP contribution in [0.25, 0.3) is 0 Å². The fourth-order valence-electron chi connectivity index (χ4n) is 3.22. The normalized spacial score (nSPS) is 28.1. The molecule has 3 heteroatoms. The molecule has 0 spiro atoms. The van der Waals surface area contributed by atoms with Crippen LogP contribution in [0.3, 0.4) is 0 Å². The van der Waals surface area contributed by atoms with Gasteiger partial charge in [-0.25, -0.2) is 0 Å². The van der Waals surface area contributed by atoms with Crippen molar-refractivity contribution in [1.82, 2.24) is 0 Å². The molecule has 112 valence electrons. The number of nitrogens with two attached hydrogens (primary N) is 1. The number of aliphatic hydroxyl groups excluding tert-OH is 1. The van der Waals surface area contributed by atoms with Crippen molar-refractivity contribution in [2.45, 2.75) is 45.6 Å². The maximum Gasteiger partial charge on any atom is 0.119 e. The highest BCUT2D eigenvalue weighted by Crippen LogP contribution is 2.47. The molecule has 3 N–H and O–H groups in total. The molecule has 1 aromatic carbocycles. The first-order chi connectivity index (χ1) is 9.61. The zero-order chi connectivity index (χ0) is 14.6. The average molecular weight is 277 g/mol. The number of benzene rings is 1. The monoisotopic (exact) mass is 277 g/mol. The Morgan fingerprint density at radius 2 is 2.10 bits per heavy atom. The maximum atomic E-state index is 10.8. The van der Waals surface area contributed by atoms with Crippen molar-refractivity contribution in [2.75, 3.05) is 13.2 Å². The minimum atomic E-state index is -0.500. The van der Waals surface area contributed by atoms with Crippen molar-refractivity contribution in [3.63, 3.8) is 0 Å². The Morgan fingerprint density at radius 3 is 2.70 bits per heavy atom. The van der Waals surface area contributed by atoms with Gasteiger partial charge in [-0.1, -0.05) is 31.9 Å². The van der Waals surface area contributed by atoms with Crippen molar-refractivity contribution in [3.8, 4) is 5.75 Å². The highest BCUT2D eigenvalue weighted by molar-refractivity contribution is 5.31. The highest BCUT2D eigenvalue weighted by Gasteiger charge is 2.40. The van der Waals surface area contributed by atoms with Crippen LogP contribution >= 0.6 is 0 Å². The molecule has 0 amide bonds. The Kier molecular flexibility index (Phi) is 5.06. The lowest BCUT2D eigenvalue weighted by Gasteiger charge is -2.42. The molecule has 2 rings (SSSR count).